The molecule has 0 spiro atoms. The molecule has 0 fully saturated rings. The number of hydrazine groups is 1. The van der Waals surface area contributed by atoms with Crippen molar-refractivity contribution < 1.29 is 4.79 Å². The van der Waals surface area contributed by atoms with Crippen LogP contribution >= 0.6 is 27.7 Å². The van der Waals surface area contributed by atoms with Gasteiger partial charge in [0.2, 0.25) is 5.91 Å². The SMILES string of the molecule is NNC(=O)CSCc1ccccc1Br. The molecule has 0 aliphatic heterocycles. The minimum Gasteiger partial charge on any atom is -0.294 e. The fourth-order valence-electron chi connectivity index (χ4n) is 0.911. The van der Waals surface area contributed by atoms with Crippen molar-refractivity contribution in [1.29, 1.82) is 0 Å². The van der Waals surface area contributed by atoms with Crippen molar-refractivity contribution in [2.45, 2.75) is 5.75 Å². The Morgan fingerprint density at radius 1 is 1.50 bits per heavy atom. The second kappa shape index (κ2) is 6.06. The van der Waals surface area contributed by atoms with Crippen LogP contribution in [0.2, 0.25) is 0 Å². The standard InChI is InChI=1S/C9H11BrN2OS/c10-8-4-2-1-3-7(8)5-14-6-9(13)12-11/h1-4H,5-6,11H2,(H,12,13). The summed E-state index contributed by atoms with van der Waals surface area (Å²) in [6.07, 6.45) is 0. The highest BCUT2D eigenvalue weighted by Gasteiger charge is 2.01. The molecule has 76 valence electrons. The van der Waals surface area contributed by atoms with E-state index in [1.54, 1.807) is 0 Å². The molecular weight excluding hydrogens is 264 g/mol. The number of carbonyl (C=O) groups is 1. The zero-order valence-electron chi connectivity index (χ0n) is 7.50. The number of benzene rings is 1. The third-order valence-corrected chi connectivity index (χ3v) is 3.36. The Bertz CT molecular complexity index is 319. The van der Waals surface area contributed by atoms with Crippen molar-refractivity contribution in [1.82, 2.24) is 5.43 Å². The highest BCUT2D eigenvalue weighted by molar-refractivity contribution is 9.10. The summed E-state index contributed by atoms with van der Waals surface area (Å²) in [5.41, 5.74) is 3.28. The van der Waals surface area contributed by atoms with Gasteiger partial charge in [-0.25, -0.2) is 5.84 Å². The Hall–Kier alpha value is -0.520. The zero-order chi connectivity index (χ0) is 10.4. The molecule has 0 aliphatic carbocycles. The van der Waals surface area contributed by atoms with Gasteiger partial charge in [-0.2, -0.15) is 0 Å². The largest absolute Gasteiger partial charge is 0.294 e. The van der Waals surface area contributed by atoms with Crippen LogP contribution in [0.4, 0.5) is 0 Å². The third-order valence-electron chi connectivity index (χ3n) is 1.61. The summed E-state index contributed by atoms with van der Waals surface area (Å²) < 4.78 is 1.07. The molecule has 3 N–H and O–H groups in total. The van der Waals surface area contributed by atoms with Crippen LogP contribution in [0.1, 0.15) is 5.56 Å². The lowest BCUT2D eigenvalue weighted by molar-refractivity contribution is -0.118. The van der Waals surface area contributed by atoms with Crippen molar-refractivity contribution in [3.8, 4) is 0 Å². The molecule has 14 heavy (non-hydrogen) atoms. The number of amides is 1. The van der Waals surface area contributed by atoms with Crippen LogP contribution in [0, 0.1) is 0 Å². The monoisotopic (exact) mass is 274 g/mol. The number of nitrogens with two attached hydrogens (primary N) is 1. The van der Waals surface area contributed by atoms with Crippen molar-refractivity contribution in [2.75, 3.05) is 5.75 Å². The highest BCUT2D eigenvalue weighted by atomic mass is 79.9. The minimum absolute atomic E-state index is 0.151. The lowest BCUT2D eigenvalue weighted by Gasteiger charge is -2.03. The highest BCUT2D eigenvalue weighted by Crippen LogP contribution is 2.20. The number of rotatable bonds is 4. The molecule has 1 amide bonds. The second-order valence-corrected chi connectivity index (χ2v) is 4.49. The van der Waals surface area contributed by atoms with Gasteiger partial charge < -0.3 is 0 Å². The molecule has 1 aromatic carbocycles. The maximum absolute atomic E-state index is 10.8. The van der Waals surface area contributed by atoms with Crippen LogP contribution in [0.15, 0.2) is 28.7 Å². The van der Waals surface area contributed by atoms with Gasteiger partial charge in [0.25, 0.3) is 0 Å². The molecule has 5 heteroatoms. The number of thioether (sulfide) groups is 1. The van der Waals surface area contributed by atoms with E-state index in [1.165, 1.54) is 17.3 Å². The van der Waals surface area contributed by atoms with Crippen LogP contribution < -0.4 is 11.3 Å². The van der Waals surface area contributed by atoms with Gasteiger partial charge in [-0.05, 0) is 11.6 Å². The maximum atomic E-state index is 10.8. The molecule has 0 bridgehead atoms. The van der Waals surface area contributed by atoms with Crippen molar-refractivity contribution >= 4 is 33.6 Å². The molecule has 0 heterocycles. The third kappa shape index (κ3) is 3.69. The van der Waals surface area contributed by atoms with Crippen LogP contribution in [0.3, 0.4) is 0 Å². The maximum Gasteiger partial charge on any atom is 0.243 e. The van der Waals surface area contributed by atoms with E-state index in [0.29, 0.717) is 5.75 Å². The van der Waals surface area contributed by atoms with E-state index in [0.717, 1.165) is 10.2 Å². The summed E-state index contributed by atoms with van der Waals surface area (Å²) in [6.45, 7) is 0. The average Bonchev–Trinajstić information content (AvgIpc) is 2.20. The van der Waals surface area contributed by atoms with E-state index in [9.17, 15) is 4.79 Å². The Morgan fingerprint density at radius 3 is 2.86 bits per heavy atom. The normalized spacial score (nSPS) is 9.86. The van der Waals surface area contributed by atoms with Gasteiger partial charge in [0.15, 0.2) is 0 Å². The van der Waals surface area contributed by atoms with E-state index in [2.05, 4.69) is 21.4 Å². The average molecular weight is 275 g/mol. The number of carbonyl (C=O) groups excluding carboxylic acids is 1. The van der Waals surface area contributed by atoms with Crippen LogP contribution in [0.5, 0.6) is 0 Å². The van der Waals surface area contributed by atoms with E-state index in [1.807, 2.05) is 24.3 Å². The minimum atomic E-state index is -0.151. The smallest absolute Gasteiger partial charge is 0.243 e. The van der Waals surface area contributed by atoms with E-state index >= 15 is 0 Å². The Labute approximate surface area is 95.5 Å². The van der Waals surface area contributed by atoms with E-state index < -0.39 is 0 Å². The summed E-state index contributed by atoms with van der Waals surface area (Å²) in [4.78, 5) is 10.8. The molecule has 0 aliphatic rings. The van der Waals surface area contributed by atoms with E-state index in [-0.39, 0.29) is 5.91 Å². The number of hydrogen-bond acceptors (Lipinski definition) is 3. The fourth-order valence-corrected chi connectivity index (χ4v) is 2.36. The van der Waals surface area contributed by atoms with Gasteiger partial charge in [0, 0.05) is 10.2 Å². The molecule has 3 nitrogen and oxygen atoms in total. The van der Waals surface area contributed by atoms with Gasteiger partial charge in [0.1, 0.15) is 0 Å². The van der Waals surface area contributed by atoms with Gasteiger partial charge in [0.05, 0.1) is 5.75 Å². The van der Waals surface area contributed by atoms with Gasteiger partial charge in [-0.3, -0.25) is 10.2 Å². The molecule has 1 aromatic rings. The number of hydrogen-bond donors (Lipinski definition) is 2. The first kappa shape index (κ1) is 11.6. The molecule has 0 aromatic heterocycles. The topological polar surface area (TPSA) is 55.1 Å². The van der Waals surface area contributed by atoms with E-state index in [4.69, 9.17) is 5.84 Å². The molecule has 0 radical (unpaired) electrons. The van der Waals surface area contributed by atoms with Crippen molar-refractivity contribution in [2.24, 2.45) is 5.84 Å². The quantitative estimate of drug-likeness (QED) is 0.499. The van der Waals surface area contributed by atoms with Crippen molar-refractivity contribution in [3.05, 3.63) is 34.3 Å². The lowest BCUT2D eigenvalue weighted by atomic mass is 10.2. The number of halogens is 1. The van der Waals surface area contributed by atoms with Gasteiger partial charge >= 0.3 is 0 Å². The zero-order valence-corrected chi connectivity index (χ0v) is 9.90. The molecule has 0 saturated heterocycles. The fraction of sp³-hybridized carbons (Fsp3) is 0.222. The van der Waals surface area contributed by atoms with Crippen LogP contribution in [0.25, 0.3) is 0 Å². The summed E-state index contributed by atoms with van der Waals surface area (Å²) in [6, 6.07) is 7.95. The predicted molar refractivity (Wildman–Crippen MR) is 62.6 cm³/mol. The second-order valence-electron chi connectivity index (χ2n) is 2.65. The molecule has 0 unspecified atom stereocenters. The summed E-state index contributed by atoms with van der Waals surface area (Å²) in [5.74, 6) is 6.00. The molecule has 0 saturated carbocycles. The molecule has 1 rings (SSSR count). The molecule has 0 atom stereocenters. The van der Waals surface area contributed by atoms with Crippen LogP contribution in [-0.4, -0.2) is 11.7 Å². The first-order valence-corrected chi connectivity index (χ1v) is 5.99. The lowest BCUT2D eigenvalue weighted by Crippen LogP contribution is -2.31. The Morgan fingerprint density at radius 2 is 2.21 bits per heavy atom. The summed E-state index contributed by atoms with van der Waals surface area (Å²) in [5, 5.41) is 0. The first-order chi connectivity index (χ1) is 6.74. The summed E-state index contributed by atoms with van der Waals surface area (Å²) in [7, 11) is 0. The van der Waals surface area contributed by atoms with Gasteiger partial charge in [-0.1, -0.05) is 34.1 Å². The van der Waals surface area contributed by atoms with Gasteiger partial charge in [-0.15, -0.1) is 11.8 Å². The Kier molecular flexibility index (Phi) is 5.00. The van der Waals surface area contributed by atoms with Crippen molar-refractivity contribution in [3.63, 3.8) is 0 Å². The predicted octanol–water partition coefficient (Wildman–Crippen LogP) is 1.67. The molecular formula is C9H11BrN2OS. The summed E-state index contributed by atoms with van der Waals surface area (Å²) >= 11 is 4.97. The Balaban J connectivity index is 2.39. The van der Waals surface area contributed by atoms with Crippen LogP contribution in [-0.2, 0) is 10.5 Å². The first-order valence-electron chi connectivity index (χ1n) is 4.04. The number of nitrogens with one attached hydrogen (secondary N) is 1.